The third kappa shape index (κ3) is 3.83. The van der Waals surface area contributed by atoms with Crippen LogP contribution < -0.4 is 5.32 Å². The van der Waals surface area contributed by atoms with Crippen molar-refractivity contribution >= 4 is 11.8 Å². The summed E-state index contributed by atoms with van der Waals surface area (Å²) in [6, 6.07) is 13.7. The zero-order valence-corrected chi connectivity index (χ0v) is 19.6. The highest BCUT2D eigenvalue weighted by Crippen LogP contribution is 2.35. The number of nitrogens with one attached hydrogen (secondary N) is 1. The van der Waals surface area contributed by atoms with E-state index in [1.165, 1.54) is 17.4 Å². The summed E-state index contributed by atoms with van der Waals surface area (Å²) in [4.78, 5) is 29.1. The second-order valence-electron chi connectivity index (χ2n) is 9.77. The Morgan fingerprint density at radius 2 is 1.88 bits per heavy atom. The van der Waals surface area contributed by atoms with Gasteiger partial charge < -0.3 is 19.2 Å². The molecule has 1 aromatic carbocycles. The number of carbonyl (C=O) groups excluding carboxylic acids is 2. The first-order valence-corrected chi connectivity index (χ1v) is 12.0. The predicted molar refractivity (Wildman–Crippen MR) is 126 cm³/mol. The Morgan fingerprint density at radius 3 is 2.62 bits per heavy atom. The van der Waals surface area contributed by atoms with Crippen LogP contribution in [0, 0.1) is 11.7 Å². The Balaban J connectivity index is 1.54. The third-order valence-corrected chi connectivity index (χ3v) is 7.48. The molecule has 2 amide bonds. The topological polar surface area (TPSA) is 67.5 Å². The molecule has 3 atom stereocenters. The molecule has 3 heterocycles. The lowest BCUT2D eigenvalue weighted by atomic mass is 9.85. The van der Waals surface area contributed by atoms with Crippen LogP contribution in [0.3, 0.4) is 0 Å². The molecule has 1 fully saturated rings. The van der Waals surface area contributed by atoms with Gasteiger partial charge in [0.1, 0.15) is 22.8 Å². The largest absolute Gasteiger partial charge is 0.463 e. The van der Waals surface area contributed by atoms with Crippen LogP contribution in [0.25, 0.3) is 11.5 Å². The van der Waals surface area contributed by atoms with Gasteiger partial charge in [-0.15, -0.1) is 0 Å². The molecular formula is C27H30FN3O3. The Kier molecular flexibility index (Phi) is 5.80. The lowest BCUT2D eigenvalue weighted by molar-refractivity contribution is -0.134. The molecule has 5 rings (SSSR count). The number of hydrogen-bond acceptors (Lipinski definition) is 3. The maximum Gasteiger partial charge on any atom is 0.271 e. The number of carbonyl (C=O) groups is 2. The standard InChI is InChI=1S/C27H30FN3O3/c1-18-8-3-6-11-21(18)29-26(33)27(2)17-30-22(24-12-7-15-34-24)13-14-23(30)25(32)31(27)16-19-9-4-5-10-20(19)28/h4-5,7,9-10,12-15,18,21H,3,6,8,11,16-17H2,1-2H3,(H,29,33)/t18-,21+,27-/m1/s1. The Hall–Kier alpha value is -3.35. The number of hydrogen-bond donors (Lipinski definition) is 1. The monoisotopic (exact) mass is 463 g/mol. The van der Waals surface area contributed by atoms with Gasteiger partial charge in [0, 0.05) is 11.6 Å². The average Bonchev–Trinajstić information content (AvgIpc) is 3.49. The van der Waals surface area contributed by atoms with Crippen LogP contribution in [-0.2, 0) is 17.9 Å². The molecule has 1 aliphatic carbocycles. The summed E-state index contributed by atoms with van der Waals surface area (Å²) in [6.45, 7) is 4.20. The summed E-state index contributed by atoms with van der Waals surface area (Å²) < 4.78 is 22.0. The number of fused-ring (bicyclic) bond motifs is 1. The highest BCUT2D eigenvalue weighted by atomic mass is 19.1. The molecular weight excluding hydrogens is 433 g/mol. The first-order valence-electron chi connectivity index (χ1n) is 12.0. The zero-order chi connectivity index (χ0) is 23.9. The summed E-state index contributed by atoms with van der Waals surface area (Å²) in [7, 11) is 0. The van der Waals surface area contributed by atoms with Crippen molar-refractivity contribution < 1.29 is 18.4 Å². The van der Waals surface area contributed by atoms with Crippen LogP contribution in [0.4, 0.5) is 4.39 Å². The first kappa shape index (κ1) is 22.4. The van der Waals surface area contributed by atoms with Gasteiger partial charge >= 0.3 is 0 Å². The first-order chi connectivity index (χ1) is 16.4. The van der Waals surface area contributed by atoms with Gasteiger partial charge in [0.25, 0.3) is 5.91 Å². The molecule has 0 radical (unpaired) electrons. The second kappa shape index (κ2) is 8.78. The Morgan fingerprint density at radius 1 is 1.12 bits per heavy atom. The van der Waals surface area contributed by atoms with E-state index < -0.39 is 11.4 Å². The fourth-order valence-electron chi connectivity index (χ4n) is 5.31. The number of rotatable bonds is 5. The van der Waals surface area contributed by atoms with Gasteiger partial charge in [-0.05, 0) is 56.0 Å². The van der Waals surface area contributed by atoms with Crippen LogP contribution in [0.5, 0.6) is 0 Å². The van der Waals surface area contributed by atoms with E-state index in [2.05, 4.69) is 12.2 Å². The van der Waals surface area contributed by atoms with Gasteiger partial charge in [-0.2, -0.15) is 0 Å². The van der Waals surface area contributed by atoms with Crippen LogP contribution in [-0.4, -0.2) is 32.9 Å². The lowest BCUT2D eigenvalue weighted by Crippen LogP contribution is -2.65. The van der Waals surface area contributed by atoms with Crippen LogP contribution in [0.2, 0.25) is 0 Å². The summed E-state index contributed by atoms with van der Waals surface area (Å²) in [6.07, 6.45) is 5.83. The molecule has 2 aromatic heterocycles. The molecule has 0 saturated heterocycles. The van der Waals surface area contributed by atoms with Gasteiger partial charge in [-0.25, -0.2) is 4.39 Å². The number of aromatic nitrogens is 1. The number of furan rings is 1. The molecule has 1 saturated carbocycles. The smallest absolute Gasteiger partial charge is 0.271 e. The highest BCUT2D eigenvalue weighted by molar-refractivity contribution is 6.00. The van der Waals surface area contributed by atoms with Crippen molar-refractivity contribution in [1.82, 2.24) is 14.8 Å². The quantitative estimate of drug-likeness (QED) is 0.579. The molecule has 6 nitrogen and oxygen atoms in total. The molecule has 7 heteroatoms. The second-order valence-corrected chi connectivity index (χ2v) is 9.77. The third-order valence-electron chi connectivity index (χ3n) is 7.48. The minimum absolute atomic E-state index is 0.0108. The minimum Gasteiger partial charge on any atom is -0.463 e. The van der Waals surface area contributed by atoms with Crippen molar-refractivity contribution in [3.8, 4) is 11.5 Å². The zero-order valence-electron chi connectivity index (χ0n) is 19.6. The molecule has 178 valence electrons. The molecule has 0 unspecified atom stereocenters. The number of amides is 2. The average molecular weight is 464 g/mol. The van der Waals surface area contributed by atoms with Crippen molar-refractivity contribution in [1.29, 1.82) is 0 Å². The van der Waals surface area contributed by atoms with E-state index in [1.54, 1.807) is 43.5 Å². The van der Waals surface area contributed by atoms with Crippen LogP contribution in [0.15, 0.2) is 59.2 Å². The van der Waals surface area contributed by atoms with E-state index >= 15 is 0 Å². The predicted octanol–water partition coefficient (Wildman–Crippen LogP) is 5.00. The van der Waals surface area contributed by atoms with Gasteiger partial charge in [0.2, 0.25) is 5.91 Å². The summed E-state index contributed by atoms with van der Waals surface area (Å²) in [5.41, 5.74) is 0.374. The summed E-state index contributed by atoms with van der Waals surface area (Å²) in [5.74, 6) is 0.102. The maximum absolute atomic E-state index is 14.6. The Labute approximate surface area is 198 Å². The number of benzene rings is 1. The van der Waals surface area contributed by atoms with Gasteiger partial charge in [0.15, 0.2) is 0 Å². The molecule has 1 N–H and O–H groups in total. The molecule has 0 spiro atoms. The van der Waals surface area contributed by atoms with E-state index in [1.807, 2.05) is 16.7 Å². The Bertz CT molecular complexity index is 1200. The van der Waals surface area contributed by atoms with Crippen LogP contribution in [0.1, 0.15) is 55.6 Å². The van der Waals surface area contributed by atoms with E-state index in [9.17, 15) is 14.0 Å². The van der Waals surface area contributed by atoms with Crippen molar-refractivity contribution in [3.63, 3.8) is 0 Å². The number of nitrogens with zero attached hydrogens (tertiary/aromatic N) is 2. The maximum atomic E-state index is 14.6. The van der Waals surface area contributed by atoms with Crippen molar-refractivity contribution in [2.45, 2.75) is 64.2 Å². The fraction of sp³-hybridized carbons (Fsp3) is 0.407. The minimum atomic E-state index is -1.20. The molecule has 3 aromatic rings. The fourth-order valence-corrected chi connectivity index (χ4v) is 5.31. The van der Waals surface area contributed by atoms with Crippen molar-refractivity contribution in [2.24, 2.45) is 5.92 Å². The van der Waals surface area contributed by atoms with Crippen molar-refractivity contribution in [3.05, 3.63) is 71.9 Å². The van der Waals surface area contributed by atoms with Crippen LogP contribution >= 0.6 is 0 Å². The summed E-state index contributed by atoms with van der Waals surface area (Å²) >= 11 is 0. The van der Waals surface area contributed by atoms with E-state index in [0.29, 0.717) is 22.9 Å². The molecule has 34 heavy (non-hydrogen) atoms. The summed E-state index contributed by atoms with van der Waals surface area (Å²) in [5, 5.41) is 3.24. The number of halogens is 1. The van der Waals surface area contributed by atoms with E-state index in [-0.39, 0.29) is 30.9 Å². The SMILES string of the molecule is C[C@@H]1CCCC[C@@H]1NC(=O)[C@@]1(C)Cn2c(ccc2-c2ccco2)C(=O)N1Cc1ccccc1F. The van der Waals surface area contributed by atoms with Gasteiger partial charge in [-0.1, -0.05) is 38.0 Å². The normalized spacial score (nSPS) is 24.7. The lowest BCUT2D eigenvalue weighted by Gasteiger charge is -2.45. The van der Waals surface area contributed by atoms with E-state index in [0.717, 1.165) is 25.0 Å². The molecule has 0 bridgehead atoms. The van der Waals surface area contributed by atoms with Gasteiger partial charge in [-0.3, -0.25) is 9.59 Å². The van der Waals surface area contributed by atoms with Gasteiger partial charge in [0.05, 0.1) is 25.0 Å². The molecule has 2 aliphatic rings. The van der Waals surface area contributed by atoms with E-state index in [4.69, 9.17) is 4.42 Å². The van der Waals surface area contributed by atoms with Crippen molar-refractivity contribution in [2.75, 3.05) is 0 Å². The highest BCUT2D eigenvalue weighted by Gasteiger charge is 2.48. The molecule has 1 aliphatic heterocycles.